The summed E-state index contributed by atoms with van der Waals surface area (Å²) in [7, 11) is 1.60. The summed E-state index contributed by atoms with van der Waals surface area (Å²) in [5, 5.41) is 2.58. The molecule has 1 fully saturated rings. The minimum atomic E-state index is -0.201. The van der Waals surface area contributed by atoms with Crippen molar-refractivity contribution in [1.82, 2.24) is 20.2 Å². The van der Waals surface area contributed by atoms with Crippen molar-refractivity contribution in [2.24, 2.45) is 0 Å². The molecule has 0 aromatic carbocycles. The molecule has 2 aromatic rings. The molecule has 0 bridgehead atoms. The van der Waals surface area contributed by atoms with E-state index in [9.17, 15) is 4.79 Å². The molecule has 132 valence electrons. The SMILES string of the molecule is CNC(=O)c1cc(O[C@@H]2CCCN(CCc3ccncc3)C2)ccn1. The van der Waals surface area contributed by atoms with Crippen LogP contribution in [0.4, 0.5) is 0 Å². The number of amides is 1. The van der Waals surface area contributed by atoms with Gasteiger partial charge >= 0.3 is 0 Å². The van der Waals surface area contributed by atoms with Crippen molar-refractivity contribution in [3.05, 3.63) is 54.1 Å². The third kappa shape index (κ3) is 5.00. The van der Waals surface area contributed by atoms with Crippen LogP contribution in [0.15, 0.2) is 42.9 Å². The number of aromatic nitrogens is 2. The summed E-state index contributed by atoms with van der Waals surface area (Å²) in [4.78, 5) is 22.3. The second-order valence-electron chi connectivity index (χ2n) is 6.24. The van der Waals surface area contributed by atoms with Crippen molar-refractivity contribution in [3.63, 3.8) is 0 Å². The molecule has 2 aromatic heterocycles. The van der Waals surface area contributed by atoms with Gasteiger partial charge in [-0.15, -0.1) is 0 Å². The van der Waals surface area contributed by atoms with Crippen LogP contribution in [0.5, 0.6) is 5.75 Å². The molecule has 3 heterocycles. The molecule has 6 heteroatoms. The predicted octanol–water partition coefficient (Wildman–Crippen LogP) is 1.92. The maximum absolute atomic E-state index is 11.7. The van der Waals surface area contributed by atoms with Crippen molar-refractivity contribution < 1.29 is 9.53 Å². The largest absolute Gasteiger partial charge is 0.489 e. The van der Waals surface area contributed by atoms with Crippen LogP contribution in [0, 0.1) is 0 Å². The predicted molar refractivity (Wildman–Crippen MR) is 95.7 cm³/mol. The second-order valence-corrected chi connectivity index (χ2v) is 6.24. The molecular weight excluding hydrogens is 316 g/mol. The lowest BCUT2D eigenvalue weighted by Gasteiger charge is -2.32. The average molecular weight is 340 g/mol. The Bertz CT molecular complexity index is 693. The lowest BCUT2D eigenvalue weighted by atomic mass is 10.1. The van der Waals surface area contributed by atoms with Crippen LogP contribution in [0.1, 0.15) is 28.9 Å². The van der Waals surface area contributed by atoms with Gasteiger partial charge in [0, 0.05) is 44.8 Å². The molecule has 1 N–H and O–H groups in total. The van der Waals surface area contributed by atoms with E-state index in [1.54, 1.807) is 19.3 Å². The van der Waals surface area contributed by atoms with Gasteiger partial charge in [0.05, 0.1) is 0 Å². The van der Waals surface area contributed by atoms with Crippen molar-refractivity contribution in [3.8, 4) is 5.75 Å². The quantitative estimate of drug-likeness (QED) is 0.870. The number of nitrogens with zero attached hydrogens (tertiary/aromatic N) is 3. The van der Waals surface area contributed by atoms with E-state index < -0.39 is 0 Å². The van der Waals surface area contributed by atoms with Gasteiger partial charge in [-0.25, -0.2) is 0 Å². The van der Waals surface area contributed by atoms with Gasteiger partial charge in [-0.1, -0.05) is 0 Å². The number of piperidine rings is 1. The normalized spacial score (nSPS) is 17.9. The number of ether oxygens (including phenoxy) is 1. The fraction of sp³-hybridized carbons (Fsp3) is 0.421. The van der Waals surface area contributed by atoms with Crippen LogP contribution in [-0.4, -0.2) is 53.6 Å². The van der Waals surface area contributed by atoms with Gasteiger partial charge in [-0.05, 0) is 49.6 Å². The van der Waals surface area contributed by atoms with Gasteiger partial charge < -0.3 is 10.1 Å². The van der Waals surface area contributed by atoms with Crippen LogP contribution in [0.25, 0.3) is 0 Å². The molecule has 1 atom stereocenters. The zero-order valence-corrected chi connectivity index (χ0v) is 14.5. The van der Waals surface area contributed by atoms with Crippen molar-refractivity contribution in [1.29, 1.82) is 0 Å². The number of carbonyl (C=O) groups excluding carboxylic acids is 1. The van der Waals surface area contributed by atoms with E-state index in [1.807, 2.05) is 18.5 Å². The van der Waals surface area contributed by atoms with Gasteiger partial charge in [0.25, 0.3) is 5.91 Å². The highest BCUT2D eigenvalue weighted by molar-refractivity contribution is 5.92. The Kier molecular flexibility index (Phi) is 5.95. The Hall–Kier alpha value is -2.47. The molecule has 1 aliphatic rings. The Morgan fingerprint density at radius 1 is 1.32 bits per heavy atom. The standard InChI is InChI=1S/C19H24N4O2/c1-20-19(24)18-13-16(6-10-22-18)25-17-3-2-11-23(14-17)12-7-15-4-8-21-9-5-15/h4-6,8-10,13,17H,2-3,7,11-12,14H2,1H3,(H,20,24)/t17-/m1/s1. The molecule has 0 saturated carbocycles. The average Bonchev–Trinajstić information content (AvgIpc) is 2.67. The highest BCUT2D eigenvalue weighted by Crippen LogP contribution is 2.19. The van der Waals surface area contributed by atoms with E-state index in [0.29, 0.717) is 11.4 Å². The molecule has 0 spiro atoms. The summed E-state index contributed by atoms with van der Waals surface area (Å²) < 4.78 is 6.10. The summed E-state index contributed by atoms with van der Waals surface area (Å²) in [6.07, 6.45) is 8.61. The Labute approximate surface area is 148 Å². The Morgan fingerprint density at radius 2 is 2.16 bits per heavy atom. The fourth-order valence-electron chi connectivity index (χ4n) is 3.08. The first-order chi connectivity index (χ1) is 12.2. The smallest absolute Gasteiger partial charge is 0.269 e. The van der Waals surface area contributed by atoms with Gasteiger partial charge in [-0.3, -0.25) is 19.7 Å². The van der Waals surface area contributed by atoms with Gasteiger partial charge in [-0.2, -0.15) is 0 Å². The number of nitrogens with one attached hydrogen (secondary N) is 1. The zero-order valence-electron chi connectivity index (χ0n) is 14.5. The van der Waals surface area contributed by atoms with E-state index in [1.165, 1.54) is 5.56 Å². The van der Waals surface area contributed by atoms with Gasteiger partial charge in [0.1, 0.15) is 17.5 Å². The molecule has 6 nitrogen and oxygen atoms in total. The van der Waals surface area contributed by atoms with E-state index in [2.05, 4.69) is 32.3 Å². The highest BCUT2D eigenvalue weighted by Gasteiger charge is 2.21. The number of pyridine rings is 2. The molecule has 0 unspecified atom stereocenters. The molecule has 1 aliphatic heterocycles. The third-order valence-electron chi connectivity index (χ3n) is 4.42. The number of rotatable bonds is 6. The van der Waals surface area contributed by atoms with Crippen LogP contribution in [0.3, 0.4) is 0 Å². The van der Waals surface area contributed by atoms with Crippen LogP contribution in [0.2, 0.25) is 0 Å². The van der Waals surface area contributed by atoms with Crippen molar-refractivity contribution >= 4 is 5.91 Å². The minimum absolute atomic E-state index is 0.145. The van der Waals surface area contributed by atoms with Gasteiger partial charge in [0.15, 0.2) is 0 Å². The number of carbonyl (C=O) groups is 1. The first-order valence-corrected chi connectivity index (χ1v) is 8.70. The van der Waals surface area contributed by atoms with Crippen molar-refractivity contribution in [2.45, 2.75) is 25.4 Å². The molecule has 1 amide bonds. The lowest BCUT2D eigenvalue weighted by molar-refractivity contribution is 0.0884. The van der Waals surface area contributed by atoms with Crippen LogP contribution in [-0.2, 0) is 6.42 Å². The molecular formula is C19H24N4O2. The topological polar surface area (TPSA) is 67.3 Å². The first-order valence-electron chi connectivity index (χ1n) is 8.70. The monoisotopic (exact) mass is 340 g/mol. The lowest BCUT2D eigenvalue weighted by Crippen LogP contribution is -2.42. The van der Waals surface area contributed by atoms with E-state index in [0.717, 1.165) is 38.9 Å². The summed E-state index contributed by atoms with van der Waals surface area (Å²) >= 11 is 0. The second kappa shape index (κ2) is 8.58. The third-order valence-corrected chi connectivity index (χ3v) is 4.42. The number of likely N-dealkylation sites (tertiary alicyclic amines) is 1. The molecule has 25 heavy (non-hydrogen) atoms. The summed E-state index contributed by atoms with van der Waals surface area (Å²) in [5.74, 6) is 0.502. The van der Waals surface area contributed by atoms with Crippen LogP contribution >= 0.6 is 0 Å². The number of hydrogen-bond acceptors (Lipinski definition) is 5. The minimum Gasteiger partial charge on any atom is -0.489 e. The van der Waals surface area contributed by atoms with Crippen molar-refractivity contribution in [2.75, 3.05) is 26.7 Å². The first kappa shape index (κ1) is 17.4. The Morgan fingerprint density at radius 3 is 2.96 bits per heavy atom. The molecule has 3 rings (SSSR count). The molecule has 0 radical (unpaired) electrons. The Balaban J connectivity index is 1.54. The van der Waals surface area contributed by atoms with E-state index in [-0.39, 0.29) is 12.0 Å². The maximum Gasteiger partial charge on any atom is 0.269 e. The summed E-state index contributed by atoms with van der Waals surface area (Å²) in [5.41, 5.74) is 1.69. The van der Waals surface area contributed by atoms with Gasteiger partial charge in [0.2, 0.25) is 0 Å². The maximum atomic E-state index is 11.7. The number of hydrogen-bond donors (Lipinski definition) is 1. The molecule has 0 aliphatic carbocycles. The van der Waals surface area contributed by atoms with Crippen LogP contribution < -0.4 is 10.1 Å². The van der Waals surface area contributed by atoms with E-state index >= 15 is 0 Å². The highest BCUT2D eigenvalue weighted by atomic mass is 16.5. The zero-order chi connectivity index (χ0) is 17.5. The summed E-state index contributed by atoms with van der Waals surface area (Å²) in [6, 6.07) is 7.64. The summed E-state index contributed by atoms with van der Waals surface area (Å²) in [6.45, 7) is 3.03. The van der Waals surface area contributed by atoms with E-state index in [4.69, 9.17) is 4.74 Å². The molecule has 1 saturated heterocycles. The fourth-order valence-corrected chi connectivity index (χ4v) is 3.08.